The van der Waals surface area contributed by atoms with Gasteiger partial charge in [-0.15, -0.1) is 0 Å². The Balaban J connectivity index is 1.63. The third-order valence-electron chi connectivity index (χ3n) is 4.27. The van der Waals surface area contributed by atoms with Crippen molar-refractivity contribution >= 4 is 33.3 Å². The van der Waals surface area contributed by atoms with Crippen molar-refractivity contribution < 1.29 is 18.0 Å². The maximum atomic E-state index is 12.5. The summed E-state index contributed by atoms with van der Waals surface area (Å²) in [5.74, 6) is -0.713. The second kappa shape index (κ2) is 8.79. The normalized spacial score (nSPS) is 10.9. The Morgan fingerprint density at radius 3 is 1.60 bits per heavy atom. The molecule has 0 heterocycles. The first-order chi connectivity index (χ1) is 14.2. The number of hydrogen-bond acceptors (Lipinski definition) is 4. The molecule has 0 bridgehead atoms. The summed E-state index contributed by atoms with van der Waals surface area (Å²) in [7, 11) is -4.04. The Hall–Kier alpha value is -3.65. The molecule has 154 valence electrons. The second-order valence-electron chi connectivity index (χ2n) is 6.77. The van der Waals surface area contributed by atoms with Gasteiger partial charge in [-0.3, -0.25) is 4.79 Å². The fourth-order valence-electron chi connectivity index (χ4n) is 2.59. The molecule has 3 aromatic rings. The summed E-state index contributed by atoms with van der Waals surface area (Å²) >= 11 is 0. The van der Waals surface area contributed by atoms with E-state index in [9.17, 15) is 18.0 Å². The number of nitrogens with one attached hydrogen (secondary N) is 3. The number of carbonyl (C=O) groups is 2. The lowest BCUT2D eigenvalue weighted by Crippen LogP contribution is -2.30. The Kier molecular flexibility index (Phi) is 6.17. The van der Waals surface area contributed by atoms with Crippen molar-refractivity contribution in [3.05, 3.63) is 89.5 Å². The summed E-state index contributed by atoms with van der Waals surface area (Å²) in [5, 5.41) is 5.31. The first-order valence-electron chi connectivity index (χ1n) is 9.11. The van der Waals surface area contributed by atoms with Crippen LogP contribution in [-0.4, -0.2) is 20.4 Å². The predicted octanol–water partition coefficient (Wildman–Crippen LogP) is 4.07. The van der Waals surface area contributed by atoms with E-state index in [1.165, 1.54) is 24.3 Å². The van der Waals surface area contributed by atoms with E-state index in [-0.39, 0.29) is 10.5 Å². The van der Waals surface area contributed by atoms with Gasteiger partial charge in [0.05, 0.1) is 4.90 Å². The molecule has 0 aliphatic heterocycles. The van der Waals surface area contributed by atoms with Crippen LogP contribution in [0.5, 0.6) is 0 Å². The highest BCUT2D eigenvalue weighted by molar-refractivity contribution is 7.90. The largest absolute Gasteiger partial charge is 0.323 e. The van der Waals surface area contributed by atoms with E-state index in [1.807, 2.05) is 30.7 Å². The third-order valence-corrected chi connectivity index (χ3v) is 5.62. The van der Waals surface area contributed by atoms with Gasteiger partial charge in [0.15, 0.2) is 0 Å². The molecule has 0 spiro atoms. The van der Waals surface area contributed by atoms with Crippen LogP contribution in [0.1, 0.15) is 21.5 Å². The zero-order valence-corrected chi connectivity index (χ0v) is 17.3. The van der Waals surface area contributed by atoms with E-state index < -0.39 is 22.0 Å². The predicted molar refractivity (Wildman–Crippen MR) is 116 cm³/mol. The van der Waals surface area contributed by atoms with Crippen molar-refractivity contribution in [1.82, 2.24) is 4.72 Å². The highest BCUT2D eigenvalue weighted by Gasteiger charge is 2.18. The molecule has 0 saturated carbocycles. The van der Waals surface area contributed by atoms with E-state index in [4.69, 9.17) is 0 Å². The van der Waals surface area contributed by atoms with Gasteiger partial charge in [0.25, 0.3) is 15.9 Å². The first-order valence-corrected chi connectivity index (χ1v) is 10.6. The van der Waals surface area contributed by atoms with Crippen molar-refractivity contribution in [2.24, 2.45) is 0 Å². The fourth-order valence-corrected chi connectivity index (χ4v) is 3.57. The van der Waals surface area contributed by atoms with Gasteiger partial charge in [0.1, 0.15) is 0 Å². The molecule has 0 unspecified atom stereocenters. The van der Waals surface area contributed by atoms with Crippen molar-refractivity contribution in [1.29, 1.82) is 0 Å². The molecule has 3 amide bonds. The molecule has 30 heavy (non-hydrogen) atoms. The van der Waals surface area contributed by atoms with E-state index in [2.05, 4.69) is 10.6 Å². The summed E-state index contributed by atoms with van der Waals surface area (Å²) in [4.78, 5) is 24.2. The number of anilines is 2. The number of rotatable bonds is 5. The molecule has 0 aliphatic rings. The third kappa shape index (κ3) is 5.45. The van der Waals surface area contributed by atoms with Crippen LogP contribution in [0.3, 0.4) is 0 Å². The van der Waals surface area contributed by atoms with E-state index in [1.54, 1.807) is 36.4 Å². The number of urea groups is 1. The number of sulfonamides is 1. The van der Waals surface area contributed by atoms with Crippen molar-refractivity contribution in [2.45, 2.75) is 18.7 Å². The Morgan fingerprint density at radius 1 is 0.667 bits per heavy atom. The van der Waals surface area contributed by atoms with Crippen LogP contribution in [0, 0.1) is 13.8 Å². The van der Waals surface area contributed by atoms with Gasteiger partial charge < -0.3 is 10.6 Å². The molecule has 3 rings (SSSR count). The molecule has 3 N–H and O–H groups in total. The molecule has 3 aromatic carbocycles. The molecule has 0 saturated heterocycles. The number of carbonyl (C=O) groups excluding carboxylic acids is 2. The van der Waals surface area contributed by atoms with Crippen LogP contribution < -0.4 is 15.4 Å². The summed E-state index contributed by atoms with van der Waals surface area (Å²) < 4.78 is 26.9. The van der Waals surface area contributed by atoms with E-state index in [0.29, 0.717) is 11.4 Å². The molecular formula is C22H21N3O4S. The van der Waals surface area contributed by atoms with Crippen molar-refractivity contribution in [3.63, 3.8) is 0 Å². The Labute approximate surface area is 175 Å². The number of hydrogen-bond donors (Lipinski definition) is 3. The molecular weight excluding hydrogens is 402 g/mol. The standard InChI is InChI=1S/C22H21N3O4S/c1-15-3-7-17(8-4-15)21(26)25-30(28,29)20-13-11-19(12-14-20)24-22(27)23-18-9-5-16(2)6-10-18/h3-14H,1-2H3,(H,25,26)(H2,23,24,27). The summed E-state index contributed by atoms with van der Waals surface area (Å²) in [6.07, 6.45) is 0. The highest BCUT2D eigenvalue weighted by Crippen LogP contribution is 2.16. The SMILES string of the molecule is Cc1ccc(NC(=O)Nc2ccc(S(=O)(=O)NC(=O)c3ccc(C)cc3)cc2)cc1. The smallest absolute Gasteiger partial charge is 0.308 e. The van der Waals surface area contributed by atoms with Crippen molar-refractivity contribution in [3.8, 4) is 0 Å². The average Bonchev–Trinajstić information content (AvgIpc) is 2.70. The molecule has 7 nitrogen and oxygen atoms in total. The average molecular weight is 423 g/mol. The van der Waals surface area contributed by atoms with Crippen LogP contribution >= 0.6 is 0 Å². The molecule has 0 radical (unpaired) electrons. The van der Waals surface area contributed by atoms with Gasteiger partial charge in [-0.2, -0.15) is 0 Å². The van der Waals surface area contributed by atoms with Crippen molar-refractivity contribution in [2.75, 3.05) is 10.6 Å². The maximum absolute atomic E-state index is 12.5. The minimum atomic E-state index is -4.04. The topological polar surface area (TPSA) is 104 Å². The fraction of sp³-hybridized carbons (Fsp3) is 0.0909. The van der Waals surface area contributed by atoms with E-state index >= 15 is 0 Å². The quantitative estimate of drug-likeness (QED) is 0.575. The number of benzene rings is 3. The zero-order valence-electron chi connectivity index (χ0n) is 16.5. The number of amides is 3. The van der Waals surface area contributed by atoms with Crippen LogP contribution in [-0.2, 0) is 10.0 Å². The van der Waals surface area contributed by atoms with Gasteiger partial charge in [-0.25, -0.2) is 17.9 Å². The highest BCUT2D eigenvalue weighted by atomic mass is 32.2. The Bertz CT molecular complexity index is 1150. The molecule has 8 heteroatoms. The molecule has 0 fully saturated rings. The van der Waals surface area contributed by atoms with E-state index in [0.717, 1.165) is 11.1 Å². The minimum Gasteiger partial charge on any atom is -0.308 e. The molecule has 0 aliphatic carbocycles. The second-order valence-corrected chi connectivity index (χ2v) is 8.45. The maximum Gasteiger partial charge on any atom is 0.323 e. The molecule has 0 atom stereocenters. The van der Waals surface area contributed by atoms with Gasteiger partial charge in [0, 0.05) is 16.9 Å². The van der Waals surface area contributed by atoms with Crippen LogP contribution in [0.4, 0.5) is 16.2 Å². The monoisotopic (exact) mass is 423 g/mol. The lowest BCUT2D eigenvalue weighted by Gasteiger charge is -2.10. The lowest BCUT2D eigenvalue weighted by molar-refractivity contribution is 0.0981. The lowest BCUT2D eigenvalue weighted by atomic mass is 10.1. The van der Waals surface area contributed by atoms with Gasteiger partial charge in [0.2, 0.25) is 0 Å². The summed E-state index contributed by atoms with van der Waals surface area (Å²) in [6, 6.07) is 18.9. The summed E-state index contributed by atoms with van der Waals surface area (Å²) in [5.41, 5.74) is 3.32. The van der Waals surface area contributed by atoms with Crippen LogP contribution in [0.15, 0.2) is 77.7 Å². The molecule has 0 aromatic heterocycles. The Morgan fingerprint density at radius 2 is 1.10 bits per heavy atom. The minimum absolute atomic E-state index is 0.0903. The van der Waals surface area contributed by atoms with Gasteiger partial charge in [-0.1, -0.05) is 35.4 Å². The first kappa shape index (κ1) is 21.1. The van der Waals surface area contributed by atoms with Crippen LogP contribution in [0.25, 0.3) is 0 Å². The van der Waals surface area contributed by atoms with Gasteiger partial charge >= 0.3 is 6.03 Å². The zero-order chi connectivity index (χ0) is 21.7. The van der Waals surface area contributed by atoms with Crippen LogP contribution in [0.2, 0.25) is 0 Å². The van der Waals surface area contributed by atoms with Gasteiger partial charge in [-0.05, 0) is 62.4 Å². The number of aryl methyl sites for hydroxylation is 2. The summed E-state index contributed by atoms with van der Waals surface area (Å²) in [6.45, 7) is 3.82.